The Bertz CT molecular complexity index is 872. The lowest BCUT2D eigenvalue weighted by Crippen LogP contribution is -2.47. The molecule has 0 bridgehead atoms. The van der Waals surface area contributed by atoms with Crippen molar-refractivity contribution >= 4 is 27.5 Å². The van der Waals surface area contributed by atoms with Gasteiger partial charge >= 0.3 is 0 Å². The zero-order valence-corrected chi connectivity index (χ0v) is 22.2. The molecule has 7 heteroatoms. The molecule has 5 nitrogen and oxygen atoms in total. The summed E-state index contributed by atoms with van der Waals surface area (Å²) in [6, 6.07) is 14.4. The monoisotopic (exact) mass is 538 g/mol. The van der Waals surface area contributed by atoms with Gasteiger partial charge in [0.25, 0.3) is 0 Å². The molecule has 2 aromatic carbocycles. The zero-order chi connectivity index (χ0) is 23.8. The van der Waals surface area contributed by atoms with Crippen LogP contribution in [-0.2, 0) is 5.41 Å². The summed E-state index contributed by atoms with van der Waals surface area (Å²) in [6.45, 7) is 11.9. The van der Waals surface area contributed by atoms with Gasteiger partial charge in [0.15, 0.2) is 0 Å². The summed E-state index contributed by atoms with van der Waals surface area (Å²) in [4.78, 5) is 2.27. The van der Waals surface area contributed by atoms with Crippen LogP contribution in [0.4, 0.5) is 0 Å². The molecule has 1 aliphatic heterocycles. The van der Waals surface area contributed by atoms with Crippen molar-refractivity contribution < 1.29 is 14.6 Å². The minimum atomic E-state index is -0.496. The molecule has 0 aromatic heterocycles. The second-order valence-electron chi connectivity index (χ2n) is 9.38. The number of benzene rings is 2. The number of hydrogen-bond acceptors (Lipinski definition) is 5. The first kappa shape index (κ1) is 26.3. The van der Waals surface area contributed by atoms with E-state index in [1.807, 2.05) is 18.2 Å². The van der Waals surface area contributed by atoms with Crippen LogP contribution < -0.4 is 14.8 Å². The summed E-state index contributed by atoms with van der Waals surface area (Å²) in [5.41, 5.74) is 2.19. The Kier molecular flexibility index (Phi) is 9.89. The van der Waals surface area contributed by atoms with E-state index in [0.29, 0.717) is 31.6 Å². The van der Waals surface area contributed by atoms with E-state index in [2.05, 4.69) is 71.2 Å². The molecule has 1 aliphatic rings. The van der Waals surface area contributed by atoms with E-state index in [4.69, 9.17) is 21.1 Å². The van der Waals surface area contributed by atoms with Crippen LogP contribution in [0.5, 0.6) is 11.5 Å². The average molecular weight is 540 g/mol. The second kappa shape index (κ2) is 12.4. The van der Waals surface area contributed by atoms with Crippen LogP contribution in [0.2, 0.25) is 0 Å². The van der Waals surface area contributed by atoms with Gasteiger partial charge in [-0.1, -0.05) is 39.0 Å². The lowest BCUT2D eigenvalue weighted by molar-refractivity contribution is 0.0641. The number of piperazine rings is 1. The lowest BCUT2D eigenvalue weighted by atomic mass is 9.78. The maximum absolute atomic E-state index is 10.3. The van der Waals surface area contributed by atoms with Gasteiger partial charge in [0.05, 0.1) is 11.1 Å². The molecule has 3 rings (SSSR count). The zero-order valence-electron chi connectivity index (χ0n) is 19.8. The maximum atomic E-state index is 10.3. The third-order valence-corrected chi connectivity index (χ3v) is 7.28. The molecule has 0 unspecified atom stereocenters. The Morgan fingerprint density at radius 3 is 2.36 bits per heavy atom. The molecule has 1 heterocycles. The van der Waals surface area contributed by atoms with Gasteiger partial charge in [-0.3, -0.25) is 4.90 Å². The molecule has 1 fully saturated rings. The number of halogens is 2. The Morgan fingerprint density at radius 1 is 1.06 bits per heavy atom. The molecule has 0 amide bonds. The fraction of sp³-hybridized carbons (Fsp3) is 0.538. The molecule has 0 spiro atoms. The third kappa shape index (κ3) is 7.59. The smallest absolute Gasteiger partial charge is 0.133 e. The van der Waals surface area contributed by atoms with E-state index in [0.717, 1.165) is 42.2 Å². The molecule has 182 valence electrons. The molecular formula is C26H36BrClN2O3. The van der Waals surface area contributed by atoms with Crippen LogP contribution in [0.1, 0.15) is 31.9 Å². The molecule has 0 aliphatic carbocycles. The normalized spacial score (nSPS) is 16.9. The predicted octanol–water partition coefficient (Wildman–Crippen LogP) is 4.67. The highest BCUT2D eigenvalue weighted by atomic mass is 79.9. The predicted molar refractivity (Wildman–Crippen MR) is 139 cm³/mol. The number of hydrogen-bond donors (Lipinski definition) is 2. The van der Waals surface area contributed by atoms with E-state index in [1.165, 1.54) is 11.1 Å². The molecule has 0 radical (unpaired) electrons. The molecule has 2 atom stereocenters. The molecular weight excluding hydrogens is 504 g/mol. The van der Waals surface area contributed by atoms with Gasteiger partial charge in [0.1, 0.15) is 24.2 Å². The Morgan fingerprint density at radius 2 is 1.73 bits per heavy atom. The standard InChI is InChI=1S/C26H36BrClN2O3/c1-19(15-28)17-33-25-9-6-21(14-24(25)27)26(2,3)20-4-7-23(8-5-20)32-18-22(31)16-30-12-10-29-11-13-30/h4-9,14,19,22,29,31H,10-13,15-18H2,1-3H3/t19-,22-/m1/s1. The maximum Gasteiger partial charge on any atom is 0.133 e. The first-order chi connectivity index (χ1) is 15.8. The minimum Gasteiger partial charge on any atom is -0.492 e. The molecule has 2 aromatic rings. The lowest BCUT2D eigenvalue weighted by Gasteiger charge is -2.29. The van der Waals surface area contributed by atoms with Crippen molar-refractivity contribution in [2.24, 2.45) is 5.92 Å². The van der Waals surface area contributed by atoms with E-state index >= 15 is 0 Å². The third-order valence-electron chi connectivity index (χ3n) is 6.14. The van der Waals surface area contributed by atoms with Gasteiger partial charge in [-0.15, -0.1) is 11.6 Å². The van der Waals surface area contributed by atoms with Crippen molar-refractivity contribution in [2.45, 2.75) is 32.3 Å². The molecule has 33 heavy (non-hydrogen) atoms. The summed E-state index contributed by atoms with van der Waals surface area (Å²) in [5, 5.41) is 13.6. The second-order valence-corrected chi connectivity index (χ2v) is 10.5. The molecule has 2 N–H and O–H groups in total. The van der Waals surface area contributed by atoms with Crippen molar-refractivity contribution in [3.63, 3.8) is 0 Å². The van der Waals surface area contributed by atoms with Crippen molar-refractivity contribution in [1.82, 2.24) is 10.2 Å². The SMILES string of the molecule is C[C@H](CCl)COc1ccc(C(C)(C)c2ccc(OC[C@H](O)CN3CCNCC3)cc2)cc1Br. The van der Waals surface area contributed by atoms with Gasteiger partial charge in [-0.25, -0.2) is 0 Å². The Hall–Kier alpha value is -1.31. The van der Waals surface area contributed by atoms with Crippen LogP contribution in [-0.4, -0.2) is 67.9 Å². The summed E-state index contributed by atoms with van der Waals surface area (Å²) in [6.07, 6.45) is -0.496. The summed E-state index contributed by atoms with van der Waals surface area (Å²) in [5.74, 6) is 2.48. The van der Waals surface area contributed by atoms with Gasteiger partial charge in [0.2, 0.25) is 0 Å². The van der Waals surface area contributed by atoms with Crippen molar-refractivity contribution in [3.8, 4) is 11.5 Å². The first-order valence-electron chi connectivity index (χ1n) is 11.6. The fourth-order valence-corrected chi connectivity index (χ4v) is 4.44. The number of ether oxygens (including phenoxy) is 2. The number of rotatable bonds is 11. The summed E-state index contributed by atoms with van der Waals surface area (Å²) >= 11 is 9.54. The minimum absolute atomic E-state index is 0.190. The van der Waals surface area contributed by atoms with Gasteiger partial charge in [-0.05, 0) is 51.3 Å². The first-order valence-corrected chi connectivity index (χ1v) is 13.0. The number of aliphatic hydroxyl groups excluding tert-OH is 1. The van der Waals surface area contributed by atoms with Crippen molar-refractivity contribution in [1.29, 1.82) is 0 Å². The number of nitrogens with zero attached hydrogens (tertiary/aromatic N) is 1. The summed E-state index contributed by atoms with van der Waals surface area (Å²) in [7, 11) is 0. The van der Waals surface area contributed by atoms with Crippen LogP contribution in [0.3, 0.4) is 0 Å². The summed E-state index contributed by atoms with van der Waals surface area (Å²) < 4.78 is 12.7. The average Bonchev–Trinajstić information content (AvgIpc) is 2.82. The van der Waals surface area contributed by atoms with Crippen LogP contribution >= 0.6 is 27.5 Å². The largest absolute Gasteiger partial charge is 0.492 e. The van der Waals surface area contributed by atoms with E-state index < -0.39 is 6.10 Å². The number of alkyl halides is 1. The van der Waals surface area contributed by atoms with Crippen LogP contribution in [0, 0.1) is 5.92 Å². The van der Waals surface area contributed by atoms with E-state index in [-0.39, 0.29) is 5.41 Å². The fourth-order valence-electron chi connectivity index (χ4n) is 3.85. The molecule has 0 saturated carbocycles. The number of nitrogens with one attached hydrogen (secondary N) is 1. The van der Waals surface area contributed by atoms with Crippen LogP contribution in [0.15, 0.2) is 46.9 Å². The Balaban J connectivity index is 1.57. The highest BCUT2D eigenvalue weighted by Crippen LogP contribution is 2.36. The Labute approximate surface area is 211 Å². The van der Waals surface area contributed by atoms with Crippen molar-refractivity contribution in [3.05, 3.63) is 58.1 Å². The van der Waals surface area contributed by atoms with E-state index in [1.54, 1.807) is 0 Å². The number of β-amino-alcohol motifs (C(OH)–C–C–N with tert-alkyl or cyclic N) is 1. The van der Waals surface area contributed by atoms with E-state index in [9.17, 15) is 5.11 Å². The van der Waals surface area contributed by atoms with Crippen molar-refractivity contribution in [2.75, 3.05) is 51.8 Å². The van der Waals surface area contributed by atoms with Gasteiger partial charge < -0.3 is 19.9 Å². The quantitative estimate of drug-likeness (QED) is 0.406. The molecule has 1 saturated heterocycles. The van der Waals surface area contributed by atoms with Gasteiger partial charge in [-0.2, -0.15) is 0 Å². The highest BCUT2D eigenvalue weighted by Gasteiger charge is 2.24. The topological polar surface area (TPSA) is 54.0 Å². The number of aliphatic hydroxyl groups is 1. The van der Waals surface area contributed by atoms with Crippen LogP contribution in [0.25, 0.3) is 0 Å². The highest BCUT2D eigenvalue weighted by molar-refractivity contribution is 9.10. The van der Waals surface area contributed by atoms with Gasteiger partial charge in [0, 0.05) is 49.9 Å².